The molecule has 3 aromatic rings. The first-order chi connectivity index (χ1) is 13.6. The number of rotatable bonds is 6. The molecule has 0 saturated carbocycles. The molecular formula is C19H20N4O4S. The van der Waals surface area contributed by atoms with Crippen molar-refractivity contribution in [1.29, 1.82) is 0 Å². The van der Waals surface area contributed by atoms with Crippen molar-refractivity contribution in [2.24, 2.45) is 7.05 Å². The number of furan rings is 1. The monoisotopic (exact) mass is 400 g/mol. The zero-order chi connectivity index (χ0) is 19.5. The number of amides is 1. The maximum absolute atomic E-state index is 12.3. The van der Waals surface area contributed by atoms with Gasteiger partial charge in [-0.15, -0.1) is 10.2 Å². The zero-order valence-electron chi connectivity index (χ0n) is 15.5. The van der Waals surface area contributed by atoms with Crippen molar-refractivity contribution in [3.63, 3.8) is 0 Å². The molecular weight excluding hydrogens is 380 g/mol. The minimum Gasteiger partial charge on any atom is -0.485 e. The minimum atomic E-state index is -0.357. The molecule has 0 aliphatic carbocycles. The van der Waals surface area contributed by atoms with E-state index in [-0.39, 0.29) is 17.3 Å². The highest BCUT2D eigenvalue weighted by atomic mass is 32.2. The van der Waals surface area contributed by atoms with Crippen LogP contribution in [0, 0.1) is 0 Å². The number of hydrogen-bond donors (Lipinski definition) is 1. The number of aromatic nitrogens is 3. The number of carbonyl (C=O) groups is 1. The molecule has 0 spiro atoms. The summed E-state index contributed by atoms with van der Waals surface area (Å²) in [6, 6.07) is 11.1. The van der Waals surface area contributed by atoms with Crippen molar-refractivity contribution in [2.45, 2.75) is 30.0 Å². The van der Waals surface area contributed by atoms with Gasteiger partial charge in [0.25, 0.3) is 0 Å². The number of thioether (sulfide) groups is 1. The highest BCUT2D eigenvalue weighted by molar-refractivity contribution is 8.00. The van der Waals surface area contributed by atoms with Crippen LogP contribution in [0.1, 0.15) is 24.6 Å². The van der Waals surface area contributed by atoms with E-state index in [1.165, 1.54) is 11.8 Å². The third-order valence-electron chi connectivity index (χ3n) is 4.33. The Morgan fingerprint density at radius 3 is 2.89 bits per heavy atom. The number of benzene rings is 1. The molecule has 1 aliphatic rings. The summed E-state index contributed by atoms with van der Waals surface area (Å²) in [6.07, 6.45) is 1.22. The first-order valence-electron chi connectivity index (χ1n) is 8.86. The van der Waals surface area contributed by atoms with E-state index in [2.05, 4.69) is 15.5 Å². The lowest BCUT2D eigenvalue weighted by atomic mass is 10.2. The van der Waals surface area contributed by atoms with E-state index < -0.39 is 0 Å². The molecule has 0 bridgehead atoms. The third-order valence-corrected chi connectivity index (χ3v) is 5.47. The average Bonchev–Trinajstić information content (AvgIpc) is 3.36. The molecule has 1 aliphatic heterocycles. The first-order valence-corrected chi connectivity index (χ1v) is 9.74. The van der Waals surface area contributed by atoms with Crippen molar-refractivity contribution in [3.05, 3.63) is 54.2 Å². The molecule has 4 rings (SSSR count). The molecule has 8 nitrogen and oxygen atoms in total. The van der Waals surface area contributed by atoms with E-state index >= 15 is 0 Å². The average molecular weight is 400 g/mol. The van der Waals surface area contributed by atoms with E-state index in [1.54, 1.807) is 12.3 Å². The number of ether oxygens (including phenoxy) is 2. The molecule has 28 heavy (non-hydrogen) atoms. The zero-order valence-corrected chi connectivity index (χ0v) is 16.3. The maximum atomic E-state index is 12.3. The van der Waals surface area contributed by atoms with Gasteiger partial charge in [0.2, 0.25) is 5.91 Å². The van der Waals surface area contributed by atoms with Crippen molar-refractivity contribution in [1.82, 2.24) is 20.1 Å². The highest BCUT2D eigenvalue weighted by Gasteiger charge is 2.28. The van der Waals surface area contributed by atoms with Crippen molar-refractivity contribution >= 4 is 17.7 Å². The van der Waals surface area contributed by atoms with E-state index in [0.717, 1.165) is 5.75 Å². The molecule has 9 heteroatoms. The van der Waals surface area contributed by atoms with Crippen molar-refractivity contribution in [3.8, 4) is 11.5 Å². The third kappa shape index (κ3) is 3.84. The SMILES string of the molecule is C[C@@H](Sc1nnc([C@H]2COc3ccccc3O2)n1C)C(=O)NCc1ccco1. The van der Waals surface area contributed by atoms with Gasteiger partial charge in [0.15, 0.2) is 28.6 Å². The van der Waals surface area contributed by atoms with Crippen LogP contribution >= 0.6 is 11.8 Å². The lowest BCUT2D eigenvalue weighted by Gasteiger charge is -2.25. The molecule has 1 amide bonds. The molecule has 1 N–H and O–H groups in total. The van der Waals surface area contributed by atoms with Crippen LogP contribution in [0.2, 0.25) is 0 Å². The Morgan fingerprint density at radius 2 is 2.11 bits per heavy atom. The highest BCUT2D eigenvalue weighted by Crippen LogP contribution is 2.36. The minimum absolute atomic E-state index is 0.0999. The fraction of sp³-hybridized carbons (Fsp3) is 0.316. The molecule has 2 aromatic heterocycles. The van der Waals surface area contributed by atoms with E-state index in [9.17, 15) is 4.79 Å². The summed E-state index contributed by atoms with van der Waals surface area (Å²) >= 11 is 1.34. The number of para-hydroxylation sites is 2. The summed E-state index contributed by atoms with van der Waals surface area (Å²) in [5.41, 5.74) is 0. The second-order valence-electron chi connectivity index (χ2n) is 6.32. The fourth-order valence-electron chi connectivity index (χ4n) is 2.80. The van der Waals surface area contributed by atoms with Crippen LogP contribution in [0.4, 0.5) is 0 Å². The van der Waals surface area contributed by atoms with Gasteiger partial charge in [0, 0.05) is 7.05 Å². The lowest BCUT2D eigenvalue weighted by Crippen LogP contribution is -2.30. The van der Waals surface area contributed by atoms with Crippen LogP contribution in [-0.4, -0.2) is 32.5 Å². The summed E-state index contributed by atoms with van der Waals surface area (Å²) in [7, 11) is 1.86. The summed E-state index contributed by atoms with van der Waals surface area (Å²) in [4.78, 5) is 12.3. The second kappa shape index (κ2) is 7.97. The fourth-order valence-corrected chi connectivity index (χ4v) is 3.64. The van der Waals surface area contributed by atoms with Crippen LogP contribution in [0.25, 0.3) is 0 Å². The van der Waals surface area contributed by atoms with Gasteiger partial charge < -0.3 is 23.8 Å². The van der Waals surface area contributed by atoms with Gasteiger partial charge in [-0.25, -0.2) is 0 Å². The predicted octanol–water partition coefficient (Wildman–Crippen LogP) is 2.72. The summed E-state index contributed by atoms with van der Waals surface area (Å²) < 4.78 is 18.8. The van der Waals surface area contributed by atoms with Gasteiger partial charge in [0.05, 0.1) is 18.1 Å². The number of nitrogens with one attached hydrogen (secondary N) is 1. The summed E-state index contributed by atoms with van der Waals surface area (Å²) in [6.45, 7) is 2.53. The molecule has 146 valence electrons. The Labute approximate surface area is 166 Å². The van der Waals surface area contributed by atoms with Crippen molar-refractivity contribution < 1.29 is 18.7 Å². The lowest BCUT2D eigenvalue weighted by molar-refractivity contribution is -0.120. The van der Waals surface area contributed by atoms with Gasteiger partial charge in [-0.1, -0.05) is 23.9 Å². The Bertz CT molecular complexity index is 957. The van der Waals surface area contributed by atoms with E-state index in [0.29, 0.717) is 35.6 Å². The van der Waals surface area contributed by atoms with Crippen LogP contribution in [0.15, 0.2) is 52.2 Å². The Morgan fingerprint density at radius 1 is 1.29 bits per heavy atom. The van der Waals surface area contributed by atoms with Gasteiger partial charge in [-0.05, 0) is 31.2 Å². The molecule has 0 fully saturated rings. The Kier molecular flexibility index (Phi) is 5.25. The molecule has 2 atom stereocenters. The first kappa shape index (κ1) is 18.4. The normalized spacial score (nSPS) is 16.6. The van der Waals surface area contributed by atoms with E-state index in [4.69, 9.17) is 13.9 Å². The van der Waals surface area contributed by atoms with Gasteiger partial charge >= 0.3 is 0 Å². The van der Waals surface area contributed by atoms with Gasteiger partial charge in [-0.2, -0.15) is 0 Å². The number of hydrogen-bond acceptors (Lipinski definition) is 7. The Balaban J connectivity index is 1.39. The summed E-state index contributed by atoms with van der Waals surface area (Å²) in [5, 5.41) is 11.6. The number of nitrogens with zero attached hydrogens (tertiary/aromatic N) is 3. The van der Waals surface area contributed by atoms with E-state index in [1.807, 2.05) is 48.9 Å². The largest absolute Gasteiger partial charge is 0.485 e. The van der Waals surface area contributed by atoms with Gasteiger partial charge in [-0.3, -0.25) is 4.79 Å². The number of fused-ring (bicyclic) bond motifs is 1. The molecule has 3 heterocycles. The predicted molar refractivity (Wildman–Crippen MR) is 102 cm³/mol. The topological polar surface area (TPSA) is 91.4 Å². The standard InChI is InChI=1S/C19H20N4O4S/c1-12(18(24)20-10-13-6-5-9-25-13)28-19-22-21-17(23(19)2)16-11-26-14-7-3-4-8-15(14)27-16/h3-9,12,16H,10-11H2,1-2H3,(H,20,24)/t12-,16-/m1/s1. The van der Waals surface area contributed by atoms with Gasteiger partial charge in [0.1, 0.15) is 12.4 Å². The van der Waals surface area contributed by atoms with Crippen LogP contribution in [0.3, 0.4) is 0 Å². The quantitative estimate of drug-likeness (QED) is 0.636. The molecule has 0 saturated heterocycles. The molecule has 1 aromatic carbocycles. The van der Waals surface area contributed by atoms with Crippen LogP contribution in [-0.2, 0) is 18.4 Å². The smallest absolute Gasteiger partial charge is 0.233 e. The second-order valence-corrected chi connectivity index (χ2v) is 7.63. The summed E-state index contributed by atoms with van der Waals surface area (Å²) in [5.74, 6) is 2.66. The van der Waals surface area contributed by atoms with Crippen LogP contribution in [0.5, 0.6) is 11.5 Å². The molecule has 0 unspecified atom stereocenters. The number of carbonyl (C=O) groups excluding carboxylic acids is 1. The maximum Gasteiger partial charge on any atom is 0.233 e. The molecule has 0 radical (unpaired) electrons. The van der Waals surface area contributed by atoms with Crippen LogP contribution < -0.4 is 14.8 Å². The van der Waals surface area contributed by atoms with Crippen molar-refractivity contribution in [2.75, 3.05) is 6.61 Å². The Hall–Kier alpha value is -2.94.